The van der Waals surface area contributed by atoms with E-state index >= 15 is 0 Å². The van der Waals surface area contributed by atoms with Gasteiger partial charge in [0.05, 0.1) is 0 Å². The van der Waals surface area contributed by atoms with Crippen LogP contribution in [0.15, 0.2) is 24.3 Å². The Bertz CT molecular complexity index is 945. The maximum absolute atomic E-state index is 12.7. The van der Waals surface area contributed by atoms with Crippen molar-refractivity contribution in [3.63, 3.8) is 0 Å². The van der Waals surface area contributed by atoms with Crippen molar-refractivity contribution in [2.24, 2.45) is 0 Å². The summed E-state index contributed by atoms with van der Waals surface area (Å²) in [7, 11) is 0. The lowest BCUT2D eigenvalue weighted by Gasteiger charge is -2.23. The first kappa shape index (κ1) is 24.4. The second-order valence-corrected chi connectivity index (χ2v) is 7.88. The first-order valence-corrected chi connectivity index (χ1v) is 11.1. The molecular weight excluding hydrogens is 390 g/mol. The van der Waals surface area contributed by atoms with E-state index in [1.54, 1.807) is 4.90 Å². The molecule has 2 aromatic rings. The minimum absolute atomic E-state index is 0.252. The van der Waals surface area contributed by atoms with Crippen molar-refractivity contribution in [1.29, 1.82) is 0 Å². The standard InChI is InChI=1S/C26H35NO4/c1-8-11-12-23(28)30-21-15-13-17(4)19(6)24(21)25-20(7)18(5)14-16-22(25)31-26(29)27(9-2)10-3/h13-16H,8-12H2,1-7H3. The molecule has 0 N–H and O–H groups in total. The molecule has 0 heterocycles. The molecule has 0 saturated heterocycles. The number of carbonyl (C=O) groups excluding carboxylic acids is 2. The normalized spacial score (nSPS) is 10.7. The molecule has 0 saturated carbocycles. The number of hydrogen-bond acceptors (Lipinski definition) is 4. The van der Waals surface area contributed by atoms with Gasteiger partial charge in [0.25, 0.3) is 0 Å². The van der Waals surface area contributed by atoms with Gasteiger partial charge in [-0.2, -0.15) is 0 Å². The Balaban J connectivity index is 2.63. The molecule has 0 radical (unpaired) electrons. The number of hydrogen-bond donors (Lipinski definition) is 0. The fourth-order valence-electron chi connectivity index (χ4n) is 3.51. The number of carbonyl (C=O) groups is 2. The summed E-state index contributed by atoms with van der Waals surface area (Å²) in [6, 6.07) is 7.55. The molecule has 0 spiro atoms. The molecule has 0 unspecified atom stereocenters. The molecule has 0 atom stereocenters. The zero-order chi connectivity index (χ0) is 23.1. The molecule has 5 heteroatoms. The van der Waals surface area contributed by atoms with Crippen LogP contribution in [0.25, 0.3) is 11.1 Å². The summed E-state index contributed by atoms with van der Waals surface area (Å²) in [6.07, 6.45) is 1.70. The van der Waals surface area contributed by atoms with Crippen LogP contribution in [0.4, 0.5) is 4.79 Å². The molecule has 168 valence electrons. The van der Waals surface area contributed by atoms with Crippen molar-refractivity contribution in [3.05, 3.63) is 46.5 Å². The lowest BCUT2D eigenvalue weighted by molar-refractivity contribution is -0.134. The smallest absolute Gasteiger partial charge is 0.415 e. The van der Waals surface area contributed by atoms with E-state index in [1.165, 1.54) is 0 Å². The largest absolute Gasteiger partial charge is 0.426 e. The summed E-state index contributed by atoms with van der Waals surface area (Å²) in [4.78, 5) is 26.8. The van der Waals surface area contributed by atoms with Gasteiger partial charge in [-0.05, 0) is 82.3 Å². The lowest BCUT2D eigenvalue weighted by atomic mass is 9.90. The predicted octanol–water partition coefficient (Wildman–Crippen LogP) is 6.52. The molecule has 0 aliphatic heterocycles. The van der Waals surface area contributed by atoms with E-state index in [9.17, 15) is 9.59 Å². The molecular formula is C26H35NO4. The van der Waals surface area contributed by atoms with Crippen molar-refractivity contribution >= 4 is 12.1 Å². The van der Waals surface area contributed by atoms with Gasteiger partial charge in [0.15, 0.2) is 0 Å². The second kappa shape index (κ2) is 11.0. The molecule has 31 heavy (non-hydrogen) atoms. The summed E-state index contributed by atoms with van der Waals surface area (Å²) < 4.78 is 11.6. The number of ether oxygens (including phenoxy) is 2. The van der Waals surface area contributed by atoms with Crippen molar-refractivity contribution in [1.82, 2.24) is 4.90 Å². The quantitative estimate of drug-likeness (QED) is 0.357. The van der Waals surface area contributed by atoms with Crippen LogP contribution in [0.2, 0.25) is 0 Å². The van der Waals surface area contributed by atoms with Gasteiger partial charge in [0, 0.05) is 30.6 Å². The zero-order valence-electron chi connectivity index (χ0n) is 19.9. The average molecular weight is 426 g/mol. The molecule has 2 aromatic carbocycles. The first-order chi connectivity index (χ1) is 14.7. The number of rotatable bonds is 8. The fourth-order valence-corrected chi connectivity index (χ4v) is 3.51. The highest BCUT2D eigenvalue weighted by molar-refractivity contribution is 5.87. The molecule has 0 fully saturated rings. The summed E-state index contributed by atoms with van der Waals surface area (Å²) in [5.41, 5.74) is 5.72. The number of esters is 1. The topological polar surface area (TPSA) is 55.8 Å². The van der Waals surface area contributed by atoms with Gasteiger partial charge in [-0.15, -0.1) is 0 Å². The highest BCUT2D eigenvalue weighted by atomic mass is 16.6. The van der Waals surface area contributed by atoms with E-state index in [1.807, 2.05) is 72.7 Å². The fraction of sp³-hybridized carbons (Fsp3) is 0.462. The van der Waals surface area contributed by atoms with Crippen molar-refractivity contribution in [2.75, 3.05) is 13.1 Å². The van der Waals surface area contributed by atoms with Gasteiger partial charge in [0.2, 0.25) is 0 Å². The van der Waals surface area contributed by atoms with Gasteiger partial charge in [-0.25, -0.2) is 4.79 Å². The van der Waals surface area contributed by atoms with Crippen LogP contribution in [0.1, 0.15) is 62.3 Å². The van der Waals surface area contributed by atoms with Gasteiger partial charge >= 0.3 is 12.1 Å². The molecule has 1 amide bonds. The Labute approximate surface area is 186 Å². The third kappa shape index (κ3) is 5.66. The van der Waals surface area contributed by atoms with Crippen LogP contribution in [-0.4, -0.2) is 30.1 Å². The summed E-state index contributed by atoms with van der Waals surface area (Å²) >= 11 is 0. The SMILES string of the molecule is CCCCC(=O)Oc1ccc(C)c(C)c1-c1c(OC(=O)N(CC)CC)ccc(C)c1C. The van der Waals surface area contributed by atoms with E-state index < -0.39 is 0 Å². The lowest BCUT2D eigenvalue weighted by Crippen LogP contribution is -2.33. The second-order valence-electron chi connectivity index (χ2n) is 7.88. The van der Waals surface area contributed by atoms with Crippen molar-refractivity contribution in [3.8, 4) is 22.6 Å². The molecule has 0 aliphatic rings. The molecule has 0 bridgehead atoms. The highest BCUT2D eigenvalue weighted by Gasteiger charge is 2.23. The van der Waals surface area contributed by atoms with E-state index in [-0.39, 0.29) is 12.1 Å². The van der Waals surface area contributed by atoms with Crippen LogP contribution in [-0.2, 0) is 4.79 Å². The zero-order valence-corrected chi connectivity index (χ0v) is 19.9. The van der Waals surface area contributed by atoms with Crippen LogP contribution < -0.4 is 9.47 Å². The van der Waals surface area contributed by atoms with Crippen LogP contribution in [0, 0.1) is 27.7 Å². The minimum Gasteiger partial charge on any atom is -0.426 e. The summed E-state index contributed by atoms with van der Waals surface area (Å²) in [5.74, 6) is 0.718. The highest BCUT2D eigenvalue weighted by Crippen LogP contribution is 2.43. The van der Waals surface area contributed by atoms with E-state index in [2.05, 4.69) is 0 Å². The summed E-state index contributed by atoms with van der Waals surface area (Å²) in [5, 5.41) is 0. The van der Waals surface area contributed by atoms with Crippen molar-refractivity contribution in [2.45, 2.75) is 67.7 Å². The average Bonchev–Trinajstić information content (AvgIpc) is 2.74. The maximum Gasteiger partial charge on any atom is 0.415 e. The Hall–Kier alpha value is -2.82. The number of aryl methyl sites for hydroxylation is 2. The van der Waals surface area contributed by atoms with Crippen LogP contribution in [0.5, 0.6) is 11.5 Å². The third-order valence-electron chi connectivity index (χ3n) is 5.82. The Morgan fingerprint density at radius 3 is 1.71 bits per heavy atom. The van der Waals surface area contributed by atoms with E-state index in [4.69, 9.17) is 9.47 Å². The maximum atomic E-state index is 12.7. The molecule has 5 nitrogen and oxygen atoms in total. The monoisotopic (exact) mass is 425 g/mol. The first-order valence-electron chi connectivity index (χ1n) is 11.1. The minimum atomic E-state index is -0.388. The summed E-state index contributed by atoms with van der Waals surface area (Å²) in [6.45, 7) is 15.1. The number of nitrogens with zero attached hydrogens (tertiary/aromatic N) is 1. The number of amides is 1. The number of benzene rings is 2. The van der Waals surface area contributed by atoms with Crippen LogP contribution >= 0.6 is 0 Å². The van der Waals surface area contributed by atoms with Crippen LogP contribution in [0.3, 0.4) is 0 Å². The molecule has 2 rings (SSSR count). The predicted molar refractivity (Wildman–Crippen MR) is 125 cm³/mol. The Morgan fingerprint density at radius 1 is 0.774 bits per heavy atom. The molecule has 0 aliphatic carbocycles. The number of unbranched alkanes of at least 4 members (excludes halogenated alkanes) is 1. The van der Waals surface area contributed by atoms with Gasteiger partial charge in [0.1, 0.15) is 11.5 Å². The van der Waals surface area contributed by atoms with Gasteiger partial charge in [-0.1, -0.05) is 25.5 Å². The molecule has 0 aromatic heterocycles. The van der Waals surface area contributed by atoms with Crippen molar-refractivity contribution < 1.29 is 19.1 Å². The van der Waals surface area contributed by atoms with E-state index in [0.29, 0.717) is 31.0 Å². The third-order valence-corrected chi connectivity index (χ3v) is 5.82. The Morgan fingerprint density at radius 2 is 1.26 bits per heavy atom. The van der Waals surface area contributed by atoms with Gasteiger partial charge < -0.3 is 14.4 Å². The Kier molecular flexibility index (Phi) is 8.66. The van der Waals surface area contributed by atoms with Gasteiger partial charge in [-0.3, -0.25) is 4.79 Å². The van der Waals surface area contributed by atoms with E-state index in [0.717, 1.165) is 46.2 Å².